The summed E-state index contributed by atoms with van der Waals surface area (Å²) in [7, 11) is 0. The van der Waals surface area contributed by atoms with Gasteiger partial charge in [-0.3, -0.25) is 4.79 Å². The summed E-state index contributed by atoms with van der Waals surface area (Å²) >= 11 is 5.44. The molecule has 0 saturated carbocycles. The summed E-state index contributed by atoms with van der Waals surface area (Å²) in [5.74, 6) is 0.0399. The molecular formula is C9H9BrINO. The number of anilines is 1. The first-order valence-corrected chi connectivity index (χ1v) is 6.04. The topological polar surface area (TPSA) is 29.1 Å². The molecule has 0 aliphatic heterocycles. The van der Waals surface area contributed by atoms with Crippen molar-refractivity contribution in [3.63, 3.8) is 0 Å². The lowest BCUT2D eigenvalue weighted by Gasteiger charge is -2.03. The molecule has 0 heterocycles. The second-order valence-corrected chi connectivity index (χ2v) is 4.53. The van der Waals surface area contributed by atoms with Crippen molar-refractivity contribution < 1.29 is 4.79 Å². The van der Waals surface area contributed by atoms with Crippen molar-refractivity contribution in [1.82, 2.24) is 0 Å². The third-order valence-electron chi connectivity index (χ3n) is 1.45. The molecule has 0 spiro atoms. The van der Waals surface area contributed by atoms with E-state index in [4.69, 9.17) is 0 Å². The summed E-state index contributed by atoms with van der Waals surface area (Å²) in [5, 5.41) is 3.50. The Morgan fingerprint density at radius 1 is 1.38 bits per heavy atom. The number of hydrogen-bond donors (Lipinski definition) is 1. The number of rotatable bonds is 3. The van der Waals surface area contributed by atoms with Crippen molar-refractivity contribution in [2.24, 2.45) is 0 Å². The van der Waals surface area contributed by atoms with Crippen molar-refractivity contribution in [1.29, 1.82) is 0 Å². The SMILES string of the molecule is O=C(CCBr)Nc1ccc(I)cc1. The van der Waals surface area contributed by atoms with Gasteiger partial charge in [-0.15, -0.1) is 0 Å². The summed E-state index contributed by atoms with van der Waals surface area (Å²) in [4.78, 5) is 11.2. The number of nitrogens with one attached hydrogen (secondary N) is 1. The van der Waals surface area contributed by atoms with Crippen LogP contribution in [0.4, 0.5) is 5.69 Å². The average molecular weight is 354 g/mol. The minimum absolute atomic E-state index is 0.0399. The molecule has 0 aromatic heterocycles. The Bertz CT molecular complexity index is 286. The number of carbonyl (C=O) groups is 1. The lowest BCUT2D eigenvalue weighted by Crippen LogP contribution is -2.11. The van der Waals surface area contributed by atoms with Gasteiger partial charge in [-0.25, -0.2) is 0 Å². The summed E-state index contributed by atoms with van der Waals surface area (Å²) in [6.07, 6.45) is 0.506. The minimum atomic E-state index is 0.0399. The molecule has 0 bridgehead atoms. The van der Waals surface area contributed by atoms with Gasteiger partial charge in [0.05, 0.1) is 0 Å². The maximum Gasteiger partial charge on any atom is 0.225 e. The quantitative estimate of drug-likeness (QED) is 0.656. The van der Waals surface area contributed by atoms with E-state index in [2.05, 4.69) is 43.8 Å². The Labute approximate surface area is 99.4 Å². The number of halogens is 2. The largest absolute Gasteiger partial charge is 0.326 e. The average Bonchev–Trinajstić information content (AvgIpc) is 2.09. The monoisotopic (exact) mass is 353 g/mol. The van der Waals surface area contributed by atoms with E-state index >= 15 is 0 Å². The van der Waals surface area contributed by atoms with Crippen LogP contribution in [0, 0.1) is 3.57 Å². The second-order valence-electron chi connectivity index (χ2n) is 2.49. The van der Waals surface area contributed by atoms with E-state index in [1.807, 2.05) is 24.3 Å². The zero-order valence-corrected chi connectivity index (χ0v) is 10.6. The highest BCUT2D eigenvalue weighted by atomic mass is 127. The number of carbonyl (C=O) groups excluding carboxylic acids is 1. The maximum atomic E-state index is 11.2. The minimum Gasteiger partial charge on any atom is -0.326 e. The number of hydrogen-bond acceptors (Lipinski definition) is 1. The van der Waals surface area contributed by atoms with Crippen LogP contribution in [0.1, 0.15) is 6.42 Å². The smallest absolute Gasteiger partial charge is 0.225 e. The van der Waals surface area contributed by atoms with Gasteiger partial charge in [-0.2, -0.15) is 0 Å². The lowest BCUT2D eigenvalue weighted by atomic mass is 10.3. The molecule has 1 aromatic rings. The van der Waals surface area contributed by atoms with Crippen LogP contribution in [-0.4, -0.2) is 11.2 Å². The van der Waals surface area contributed by atoms with Crippen LogP contribution in [0.15, 0.2) is 24.3 Å². The molecule has 0 unspecified atom stereocenters. The van der Waals surface area contributed by atoms with E-state index in [9.17, 15) is 4.79 Å². The second kappa shape index (κ2) is 5.59. The number of alkyl halides is 1. The molecule has 0 aliphatic carbocycles. The van der Waals surface area contributed by atoms with Gasteiger partial charge in [-0.1, -0.05) is 15.9 Å². The lowest BCUT2D eigenvalue weighted by molar-refractivity contribution is -0.115. The third-order valence-corrected chi connectivity index (χ3v) is 2.57. The van der Waals surface area contributed by atoms with Crippen molar-refractivity contribution >= 4 is 50.1 Å². The van der Waals surface area contributed by atoms with Crippen molar-refractivity contribution in [2.45, 2.75) is 6.42 Å². The normalized spacial score (nSPS) is 9.69. The van der Waals surface area contributed by atoms with E-state index in [1.165, 1.54) is 0 Å². The van der Waals surface area contributed by atoms with E-state index in [-0.39, 0.29) is 5.91 Å². The van der Waals surface area contributed by atoms with Crippen LogP contribution in [0.5, 0.6) is 0 Å². The molecule has 1 aromatic carbocycles. The fraction of sp³-hybridized carbons (Fsp3) is 0.222. The van der Waals surface area contributed by atoms with Gasteiger partial charge in [0.15, 0.2) is 0 Å². The Morgan fingerprint density at radius 2 is 2.00 bits per heavy atom. The Hall–Kier alpha value is -0.100. The fourth-order valence-corrected chi connectivity index (χ4v) is 1.56. The highest BCUT2D eigenvalue weighted by Gasteiger charge is 1.99. The Kier molecular flexibility index (Phi) is 4.72. The van der Waals surface area contributed by atoms with Crippen LogP contribution >= 0.6 is 38.5 Å². The van der Waals surface area contributed by atoms with Gasteiger partial charge in [0.25, 0.3) is 0 Å². The van der Waals surface area contributed by atoms with Crippen LogP contribution < -0.4 is 5.32 Å². The predicted molar refractivity (Wildman–Crippen MR) is 66.2 cm³/mol. The van der Waals surface area contributed by atoms with Gasteiger partial charge < -0.3 is 5.32 Å². The Morgan fingerprint density at radius 3 is 2.54 bits per heavy atom. The molecule has 13 heavy (non-hydrogen) atoms. The molecule has 1 N–H and O–H groups in total. The summed E-state index contributed by atoms with van der Waals surface area (Å²) in [6.45, 7) is 0. The molecule has 1 rings (SSSR count). The van der Waals surface area contributed by atoms with Crippen LogP contribution in [-0.2, 0) is 4.79 Å². The van der Waals surface area contributed by atoms with Crippen LogP contribution in [0.3, 0.4) is 0 Å². The van der Waals surface area contributed by atoms with Crippen molar-refractivity contribution in [2.75, 3.05) is 10.6 Å². The molecule has 0 aliphatic rings. The van der Waals surface area contributed by atoms with E-state index in [1.54, 1.807) is 0 Å². The molecule has 0 atom stereocenters. The third kappa shape index (κ3) is 4.08. The first-order chi connectivity index (χ1) is 6.22. The summed E-state index contributed by atoms with van der Waals surface area (Å²) in [6, 6.07) is 7.72. The zero-order chi connectivity index (χ0) is 9.68. The Balaban J connectivity index is 2.54. The summed E-state index contributed by atoms with van der Waals surface area (Å²) < 4.78 is 1.16. The van der Waals surface area contributed by atoms with E-state index in [0.717, 1.165) is 9.26 Å². The van der Waals surface area contributed by atoms with Crippen molar-refractivity contribution in [3.8, 4) is 0 Å². The molecule has 0 fully saturated rings. The van der Waals surface area contributed by atoms with E-state index in [0.29, 0.717) is 11.8 Å². The molecule has 4 heteroatoms. The van der Waals surface area contributed by atoms with Gasteiger partial charge in [0, 0.05) is 21.0 Å². The molecule has 70 valence electrons. The summed E-state index contributed by atoms with van der Waals surface area (Å²) in [5.41, 5.74) is 0.853. The van der Waals surface area contributed by atoms with Crippen molar-refractivity contribution in [3.05, 3.63) is 27.8 Å². The first-order valence-electron chi connectivity index (χ1n) is 3.84. The molecular weight excluding hydrogens is 345 g/mol. The molecule has 1 amide bonds. The molecule has 2 nitrogen and oxygen atoms in total. The van der Waals surface area contributed by atoms with E-state index < -0.39 is 0 Å². The number of amides is 1. The molecule has 0 saturated heterocycles. The predicted octanol–water partition coefficient (Wildman–Crippen LogP) is 3.01. The van der Waals surface area contributed by atoms with Gasteiger partial charge in [-0.05, 0) is 46.9 Å². The first kappa shape index (κ1) is 11.0. The maximum absolute atomic E-state index is 11.2. The standard InChI is InChI=1S/C9H9BrINO/c10-6-5-9(13)12-8-3-1-7(11)2-4-8/h1-4H,5-6H2,(H,12,13). The van der Waals surface area contributed by atoms with Gasteiger partial charge in [0.2, 0.25) is 5.91 Å². The number of benzene rings is 1. The van der Waals surface area contributed by atoms with Crippen LogP contribution in [0.25, 0.3) is 0 Å². The highest BCUT2D eigenvalue weighted by molar-refractivity contribution is 14.1. The van der Waals surface area contributed by atoms with Crippen LogP contribution in [0.2, 0.25) is 0 Å². The molecule has 0 radical (unpaired) electrons. The van der Waals surface area contributed by atoms with Gasteiger partial charge >= 0.3 is 0 Å². The fourth-order valence-electron chi connectivity index (χ4n) is 0.843. The highest BCUT2D eigenvalue weighted by Crippen LogP contribution is 2.11. The zero-order valence-electron chi connectivity index (χ0n) is 6.89. The van der Waals surface area contributed by atoms with Gasteiger partial charge in [0.1, 0.15) is 0 Å².